The minimum absolute atomic E-state index is 0.108. The van der Waals surface area contributed by atoms with Gasteiger partial charge < -0.3 is 15.0 Å². The van der Waals surface area contributed by atoms with Gasteiger partial charge in [-0.25, -0.2) is 4.98 Å². The minimum Gasteiger partial charge on any atom is -0.368 e. The zero-order valence-corrected chi connectivity index (χ0v) is 16.6. The summed E-state index contributed by atoms with van der Waals surface area (Å²) in [5.74, 6) is 0.656. The van der Waals surface area contributed by atoms with Crippen LogP contribution < -0.4 is 10.2 Å². The van der Waals surface area contributed by atoms with Gasteiger partial charge in [-0.05, 0) is 36.1 Å². The van der Waals surface area contributed by atoms with Gasteiger partial charge >= 0.3 is 0 Å². The molecule has 3 aromatic rings. The molecule has 140 valence electrons. The smallest absolute Gasteiger partial charge is 0.252 e. The Morgan fingerprint density at radius 3 is 2.96 bits per heavy atom. The van der Waals surface area contributed by atoms with Crippen LogP contribution in [0.5, 0.6) is 0 Å². The fraction of sp³-hybridized carbons (Fsp3) is 0.333. The number of amides is 1. The second-order valence-corrected chi connectivity index (χ2v) is 8.21. The Morgan fingerprint density at radius 1 is 1.33 bits per heavy atom. The van der Waals surface area contributed by atoms with Gasteiger partial charge in [-0.15, -0.1) is 11.3 Å². The summed E-state index contributed by atoms with van der Waals surface area (Å²) < 4.78 is 6.06. The van der Waals surface area contributed by atoms with Crippen LogP contribution in [-0.4, -0.2) is 38.1 Å². The highest BCUT2D eigenvalue weighted by Crippen LogP contribution is 2.35. The molecule has 0 saturated heterocycles. The summed E-state index contributed by atoms with van der Waals surface area (Å²) in [6.45, 7) is 3.17. The molecule has 0 spiro atoms. The molecule has 1 atom stereocenters. The number of fused-ring (bicyclic) bond motifs is 2. The second-order valence-electron chi connectivity index (χ2n) is 7.21. The Kier molecular flexibility index (Phi) is 4.61. The van der Waals surface area contributed by atoms with Gasteiger partial charge in [-0.1, -0.05) is 18.2 Å². The van der Waals surface area contributed by atoms with Crippen LogP contribution in [0.15, 0.2) is 41.8 Å². The Hall–Kier alpha value is -2.44. The molecule has 1 amide bonds. The maximum atomic E-state index is 13.1. The number of aromatic nitrogens is 1. The third-order valence-electron chi connectivity index (χ3n) is 5.06. The SMILES string of the molecule is CN(C)c1cc(C(=O)NCC2(C)OCCc3sccc32)c2ccccc2n1. The molecule has 4 rings (SSSR count). The van der Waals surface area contributed by atoms with Gasteiger partial charge in [0.25, 0.3) is 5.91 Å². The number of nitrogens with one attached hydrogen (secondary N) is 1. The van der Waals surface area contributed by atoms with Crippen molar-refractivity contribution in [1.29, 1.82) is 0 Å². The first kappa shape index (κ1) is 17.9. The number of para-hydroxylation sites is 1. The number of carbonyl (C=O) groups is 1. The van der Waals surface area contributed by atoms with E-state index in [0.717, 1.165) is 23.1 Å². The van der Waals surface area contributed by atoms with Crippen molar-refractivity contribution >= 4 is 34.0 Å². The first-order valence-electron chi connectivity index (χ1n) is 9.04. The second kappa shape index (κ2) is 6.94. The summed E-state index contributed by atoms with van der Waals surface area (Å²) >= 11 is 1.76. The Labute approximate surface area is 163 Å². The summed E-state index contributed by atoms with van der Waals surface area (Å²) in [5, 5.41) is 6.04. The lowest BCUT2D eigenvalue weighted by Gasteiger charge is -2.34. The molecule has 0 fully saturated rings. The fourth-order valence-corrected chi connectivity index (χ4v) is 4.50. The van der Waals surface area contributed by atoms with Crippen molar-refractivity contribution in [2.75, 3.05) is 32.1 Å². The Balaban J connectivity index is 1.63. The van der Waals surface area contributed by atoms with Gasteiger partial charge in [0.15, 0.2) is 0 Å². The van der Waals surface area contributed by atoms with Gasteiger partial charge in [0, 0.05) is 30.8 Å². The van der Waals surface area contributed by atoms with Crippen molar-refractivity contribution in [3.05, 3.63) is 57.8 Å². The number of hydrogen-bond acceptors (Lipinski definition) is 5. The molecule has 27 heavy (non-hydrogen) atoms. The number of hydrogen-bond donors (Lipinski definition) is 1. The van der Waals surface area contributed by atoms with Gasteiger partial charge in [0.1, 0.15) is 11.4 Å². The topological polar surface area (TPSA) is 54.5 Å². The summed E-state index contributed by atoms with van der Waals surface area (Å²) in [5.41, 5.74) is 2.15. The molecule has 1 aromatic carbocycles. The maximum absolute atomic E-state index is 13.1. The van der Waals surface area contributed by atoms with E-state index in [0.29, 0.717) is 18.7 Å². The average molecular weight is 382 g/mol. The monoisotopic (exact) mass is 381 g/mol. The Morgan fingerprint density at radius 2 is 2.15 bits per heavy atom. The van der Waals surface area contributed by atoms with Crippen molar-refractivity contribution in [2.24, 2.45) is 0 Å². The van der Waals surface area contributed by atoms with Gasteiger partial charge in [0.2, 0.25) is 0 Å². The number of carbonyl (C=O) groups excluding carboxylic acids is 1. The molecule has 0 radical (unpaired) electrons. The van der Waals surface area contributed by atoms with E-state index in [9.17, 15) is 4.79 Å². The first-order valence-corrected chi connectivity index (χ1v) is 9.92. The summed E-state index contributed by atoms with van der Waals surface area (Å²) in [6, 6.07) is 11.7. The third kappa shape index (κ3) is 3.31. The van der Waals surface area contributed by atoms with Crippen molar-refractivity contribution in [1.82, 2.24) is 10.3 Å². The van der Waals surface area contributed by atoms with E-state index in [2.05, 4.69) is 21.7 Å². The zero-order valence-electron chi connectivity index (χ0n) is 15.8. The maximum Gasteiger partial charge on any atom is 0.252 e. The zero-order chi connectivity index (χ0) is 19.0. The normalized spacial score (nSPS) is 18.9. The molecule has 0 aliphatic carbocycles. The van der Waals surface area contributed by atoms with E-state index in [1.807, 2.05) is 56.3 Å². The standard InChI is InChI=1S/C21H23N3O2S/c1-21(16-9-11-27-18(16)8-10-26-21)13-22-20(25)15-12-19(24(2)3)23-17-7-5-4-6-14(15)17/h4-7,9,11-12H,8,10,13H2,1-3H3,(H,22,25). The van der Waals surface area contributed by atoms with E-state index in [-0.39, 0.29) is 5.91 Å². The van der Waals surface area contributed by atoms with Crippen LogP contribution in [0.25, 0.3) is 10.9 Å². The quantitative estimate of drug-likeness (QED) is 0.751. The lowest BCUT2D eigenvalue weighted by Crippen LogP contribution is -2.43. The number of benzene rings is 1. The first-order chi connectivity index (χ1) is 13.0. The molecule has 0 bridgehead atoms. The number of anilines is 1. The van der Waals surface area contributed by atoms with Crippen molar-refractivity contribution < 1.29 is 9.53 Å². The average Bonchev–Trinajstić information content (AvgIpc) is 3.16. The number of rotatable bonds is 4. The molecule has 1 aliphatic heterocycles. The number of thiophene rings is 1. The summed E-state index contributed by atoms with van der Waals surface area (Å²) in [7, 11) is 3.85. The van der Waals surface area contributed by atoms with Crippen LogP contribution >= 0.6 is 11.3 Å². The fourth-order valence-electron chi connectivity index (χ4n) is 3.52. The molecule has 1 unspecified atom stereocenters. The van der Waals surface area contributed by atoms with E-state index in [4.69, 9.17) is 4.74 Å². The highest BCUT2D eigenvalue weighted by atomic mass is 32.1. The molecule has 2 aromatic heterocycles. The van der Waals surface area contributed by atoms with E-state index >= 15 is 0 Å². The van der Waals surface area contributed by atoms with E-state index in [1.165, 1.54) is 10.4 Å². The van der Waals surface area contributed by atoms with Crippen molar-refractivity contribution in [3.63, 3.8) is 0 Å². The molecular formula is C21H23N3O2S. The summed E-state index contributed by atoms with van der Waals surface area (Å²) in [4.78, 5) is 20.9. The van der Waals surface area contributed by atoms with Crippen molar-refractivity contribution in [2.45, 2.75) is 18.9 Å². The lowest BCUT2D eigenvalue weighted by molar-refractivity contribution is -0.0425. The number of ether oxygens (including phenoxy) is 1. The molecular weight excluding hydrogens is 358 g/mol. The van der Waals surface area contributed by atoms with Crippen LogP contribution in [0.1, 0.15) is 27.7 Å². The number of pyridine rings is 1. The molecule has 3 heterocycles. The van der Waals surface area contributed by atoms with Crippen LogP contribution in [0.2, 0.25) is 0 Å². The van der Waals surface area contributed by atoms with Crippen LogP contribution in [-0.2, 0) is 16.8 Å². The highest BCUT2D eigenvalue weighted by Gasteiger charge is 2.34. The predicted octanol–water partition coefficient (Wildman–Crippen LogP) is 3.58. The van der Waals surface area contributed by atoms with Crippen LogP contribution in [0.3, 0.4) is 0 Å². The molecule has 1 aliphatic rings. The molecule has 0 saturated carbocycles. The van der Waals surface area contributed by atoms with Gasteiger partial charge in [0.05, 0.1) is 24.2 Å². The van der Waals surface area contributed by atoms with E-state index < -0.39 is 5.60 Å². The largest absolute Gasteiger partial charge is 0.368 e. The molecule has 1 N–H and O–H groups in total. The highest BCUT2D eigenvalue weighted by molar-refractivity contribution is 7.10. The van der Waals surface area contributed by atoms with Gasteiger partial charge in [-0.2, -0.15) is 0 Å². The third-order valence-corrected chi connectivity index (χ3v) is 6.04. The minimum atomic E-state index is -0.490. The van der Waals surface area contributed by atoms with Crippen molar-refractivity contribution in [3.8, 4) is 0 Å². The number of nitrogens with zero attached hydrogens (tertiary/aromatic N) is 2. The molecule has 6 heteroatoms. The van der Waals surface area contributed by atoms with Crippen LogP contribution in [0, 0.1) is 0 Å². The van der Waals surface area contributed by atoms with E-state index in [1.54, 1.807) is 11.3 Å². The molecule has 5 nitrogen and oxygen atoms in total. The lowest BCUT2D eigenvalue weighted by atomic mass is 9.93. The van der Waals surface area contributed by atoms with Gasteiger partial charge in [-0.3, -0.25) is 4.79 Å². The van der Waals surface area contributed by atoms with Crippen LogP contribution in [0.4, 0.5) is 5.82 Å². The summed E-state index contributed by atoms with van der Waals surface area (Å²) in [6.07, 6.45) is 0.942. The predicted molar refractivity (Wildman–Crippen MR) is 110 cm³/mol. The Bertz CT molecular complexity index is 998.